The van der Waals surface area contributed by atoms with E-state index in [2.05, 4.69) is 22.2 Å². The third-order valence-corrected chi connectivity index (χ3v) is 3.22. The maximum atomic E-state index is 5.79. The van der Waals surface area contributed by atoms with E-state index in [1.54, 1.807) is 12.4 Å². The van der Waals surface area contributed by atoms with E-state index in [1.165, 1.54) is 0 Å². The van der Waals surface area contributed by atoms with Gasteiger partial charge >= 0.3 is 0 Å². The van der Waals surface area contributed by atoms with Crippen LogP contribution in [0.15, 0.2) is 18.6 Å². The van der Waals surface area contributed by atoms with Crippen molar-refractivity contribution >= 4 is 17.3 Å². The highest BCUT2D eigenvalue weighted by Gasteiger charge is 2.20. The van der Waals surface area contributed by atoms with Crippen LogP contribution in [0.2, 0.25) is 0 Å². The minimum Gasteiger partial charge on any atom is -0.382 e. The van der Waals surface area contributed by atoms with Gasteiger partial charge < -0.3 is 20.2 Å². The van der Waals surface area contributed by atoms with E-state index in [1.807, 2.05) is 10.6 Å². The van der Waals surface area contributed by atoms with Crippen LogP contribution in [0.25, 0.3) is 5.65 Å². The number of aromatic nitrogens is 3. The van der Waals surface area contributed by atoms with Crippen LogP contribution in [0, 0.1) is 0 Å². The lowest BCUT2D eigenvalue weighted by Crippen LogP contribution is -2.33. The summed E-state index contributed by atoms with van der Waals surface area (Å²) < 4.78 is 7.42. The molecular weight excluding hydrogens is 230 g/mol. The van der Waals surface area contributed by atoms with Gasteiger partial charge in [0.2, 0.25) is 0 Å². The first-order chi connectivity index (χ1) is 8.72. The molecule has 3 N–H and O–H groups in total. The van der Waals surface area contributed by atoms with E-state index in [9.17, 15) is 0 Å². The van der Waals surface area contributed by atoms with Crippen molar-refractivity contribution in [3.63, 3.8) is 0 Å². The molecule has 0 spiro atoms. The molecule has 1 aliphatic heterocycles. The lowest BCUT2D eigenvalue weighted by Gasteiger charge is -2.28. The van der Waals surface area contributed by atoms with Gasteiger partial charge in [0.1, 0.15) is 5.82 Å². The molecule has 0 amide bonds. The fourth-order valence-electron chi connectivity index (χ4n) is 2.37. The summed E-state index contributed by atoms with van der Waals surface area (Å²) in [5.74, 6) is 1.24. The molecule has 18 heavy (non-hydrogen) atoms. The summed E-state index contributed by atoms with van der Waals surface area (Å²) in [5, 5.41) is 3.43. The predicted octanol–water partition coefficient (Wildman–Crippen LogP) is 1.29. The van der Waals surface area contributed by atoms with Crippen LogP contribution in [0.4, 0.5) is 11.6 Å². The topological polar surface area (TPSA) is 77.5 Å². The van der Waals surface area contributed by atoms with E-state index < -0.39 is 0 Å². The fraction of sp³-hybridized carbons (Fsp3) is 0.500. The van der Waals surface area contributed by atoms with Gasteiger partial charge in [-0.25, -0.2) is 9.97 Å². The lowest BCUT2D eigenvalue weighted by atomic mass is 10.0. The van der Waals surface area contributed by atoms with Gasteiger partial charge in [0, 0.05) is 25.0 Å². The van der Waals surface area contributed by atoms with Gasteiger partial charge in [-0.1, -0.05) is 0 Å². The molecule has 6 nitrogen and oxygen atoms in total. The van der Waals surface area contributed by atoms with Crippen LogP contribution in [0.3, 0.4) is 0 Å². The number of nitrogens with zero attached hydrogens (tertiary/aromatic N) is 3. The highest BCUT2D eigenvalue weighted by atomic mass is 16.5. The van der Waals surface area contributed by atoms with Gasteiger partial charge in [-0.05, 0) is 19.8 Å². The van der Waals surface area contributed by atoms with E-state index in [4.69, 9.17) is 10.5 Å². The predicted molar refractivity (Wildman–Crippen MR) is 69.5 cm³/mol. The van der Waals surface area contributed by atoms with Crippen molar-refractivity contribution in [3.8, 4) is 0 Å². The SMILES string of the molecule is CC1CC(Nc2nc(N)cn3ccnc23)CCO1. The maximum absolute atomic E-state index is 5.79. The van der Waals surface area contributed by atoms with E-state index in [0.717, 1.165) is 30.9 Å². The summed E-state index contributed by atoms with van der Waals surface area (Å²) >= 11 is 0. The number of nitrogen functional groups attached to an aromatic ring is 1. The molecule has 2 atom stereocenters. The van der Waals surface area contributed by atoms with Crippen LogP contribution >= 0.6 is 0 Å². The molecule has 0 bridgehead atoms. The Kier molecular flexibility index (Phi) is 2.79. The highest BCUT2D eigenvalue weighted by Crippen LogP contribution is 2.21. The van der Waals surface area contributed by atoms with Crippen LogP contribution in [-0.4, -0.2) is 33.1 Å². The van der Waals surface area contributed by atoms with Crippen molar-refractivity contribution in [2.75, 3.05) is 17.7 Å². The Balaban J connectivity index is 1.87. The second kappa shape index (κ2) is 4.45. The first-order valence-electron chi connectivity index (χ1n) is 6.19. The van der Waals surface area contributed by atoms with Crippen LogP contribution in [-0.2, 0) is 4.74 Å². The number of nitrogens with two attached hydrogens (primary N) is 1. The minimum absolute atomic E-state index is 0.285. The second-order valence-corrected chi connectivity index (χ2v) is 4.72. The number of ether oxygens (including phenoxy) is 1. The first-order valence-corrected chi connectivity index (χ1v) is 6.19. The largest absolute Gasteiger partial charge is 0.382 e. The number of hydrogen-bond acceptors (Lipinski definition) is 5. The number of rotatable bonds is 2. The molecule has 3 heterocycles. The average Bonchev–Trinajstić information content (AvgIpc) is 2.77. The zero-order valence-electron chi connectivity index (χ0n) is 10.3. The smallest absolute Gasteiger partial charge is 0.180 e. The van der Waals surface area contributed by atoms with Crippen molar-refractivity contribution in [3.05, 3.63) is 18.6 Å². The molecule has 0 aromatic carbocycles. The van der Waals surface area contributed by atoms with E-state index in [-0.39, 0.29) is 6.10 Å². The number of nitrogens with one attached hydrogen (secondary N) is 1. The molecule has 0 saturated carbocycles. The Bertz CT molecular complexity index is 552. The molecule has 2 aromatic heterocycles. The van der Waals surface area contributed by atoms with Crippen LogP contribution in [0.5, 0.6) is 0 Å². The van der Waals surface area contributed by atoms with Crippen molar-refractivity contribution in [2.45, 2.75) is 31.9 Å². The summed E-state index contributed by atoms with van der Waals surface area (Å²) in [6.07, 6.45) is 7.62. The average molecular weight is 247 g/mol. The third kappa shape index (κ3) is 2.11. The molecular formula is C12H17N5O. The maximum Gasteiger partial charge on any atom is 0.180 e. The zero-order valence-corrected chi connectivity index (χ0v) is 10.3. The standard InChI is InChI=1S/C12H17N5O/c1-8-6-9(2-5-18-8)15-11-12-14-3-4-17(12)7-10(13)16-11/h3-4,7-9H,2,5-6,13H2,1H3,(H,15,16). The summed E-state index contributed by atoms with van der Waals surface area (Å²) in [6.45, 7) is 2.87. The van der Waals surface area contributed by atoms with Crippen LogP contribution in [0.1, 0.15) is 19.8 Å². The minimum atomic E-state index is 0.285. The summed E-state index contributed by atoms with van der Waals surface area (Å²) in [6, 6.07) is 0.364. The van der Waals surface area contributed by atoms with Crippen molar-refractivity contribution in [1.29, 1.82) is 0 Å². The van der Waals surface area contributed by atoms with Gasteiger partial charge in [-0.2, -0.15) is 0 Å². The number of imidazole rings is 1. The zero-order chi connectivity index (χ0) is 12.5. The Morgan fingerprint density at radius 3 is 3.28 bits per heavy atom. The Morgan fingerprint density at radius 1 is 1.56 bits per heavy atom. The number of anilines is 2. The molecule has 1 aliphatic rings. The molecule has 1 saturated heterocycles. The van der Waals surface area contributed by atoms with Crippen molar-refractivity contribution in [2.24, 2.45) is 0 Å². The molecule has 1 fully saturated rings. The molecule has 2 aromatic rings. The normalized spacial score (nSPS) is 24.3. The third-order valence-electron chi connectivity index (χ3n) is 3.22. The molecule has 0 aliphatic carbocycles. The molecule has 6 heteroatoms. The van der Waals surface area contributed by atoms with Crippen molar-refractivity contribution in [1.82, 2.24) is 14.4 Å². The van der Waals surface area contributed by atoms with Gasteiger partial charge in [-0.15, -0.1) is 0 Å². The molecule has 0 radical (unpaired) electrons. The Hall–Kier alpha value is -1.82. The van der Waals surface area contributed by atoms with Crippen molar-refractivity contribution < 1.29 is 4.74 Å². The number of fused-ring (bicyclic) bond motifs is 1. The fourth-order valence-corrected chi connectivity index (χ4v) is 2.37. The van der Waals surface area contributed by atoms with Gasteiger partial charge in [0.15, 0.2) is 11.5 Å². The first kappa shape index (κ1) is 11.3. The lowest BCUT2D eigenvalue weighted by molar-refractivity contribution is 0.0232. The molecule has 2 unspecified atom stereocenters. The monoisotopic (exact) mass is 247 g/mol. The summed E-state index contributed by atoms with van der Waals surface area (Å²) in [5.41, 5.74) is 6.60. The molecule has 96 valence electrons. The quantitative estimate of drug-likeness (QED) is 0.836. The van der Waals surface area contributed by atoms with E-state index >= 15 is 0 Å². The van der Waals surface area contributed by atoms with E-state index in [0.29, 0.717) is 11.9 Å². The van der Waals surface area contributed by atoms with Crippen LogP contribution < -0.4 is 11.1 Å². The van der Waals surface area contributed by atoms with Gasteiger partial charge in [0.25, 0.3) is 0 Å². The van der Waals surface area contributed by atoms with Gasteiger partial charge in [-0.3, -0.25) is 0 Å². The Morgan fingerprint density at radius 2 is 2.44 bits per heavy atom. The Labute approximate surface area is 105 Å². The van der Waals surface area contributed by atoms with Gasteiger partial charge in [0.05, 0.1) is 12.3 Å². The highest BCUT2D eigenvalue weighted by molar-refractivity contribution is 5.65. The second-order valence-electron chi connectivity index (χ2n) is 4.72. The summed E-state index contributed by atoms with van der Waals surface area (Å²) in [7, 11) is 0. The molecule has 3 rings (SSSR count). The summed E-state index contributed by atoms with van der Waals surface area (Å²) in [4.78, 5) is 8.63. The number of hydrogen-bond donors (Lipinski definition) is 2.